The second kappa shape index (κ2) is 5.87. The molecule has 2 aromatic carbocycles. The summed E-state index contributed by atoms with van der Waals surface area (Å²) in [6, 6.07) is 10.1. The van der Waals surface area contributed by atoms with E-state index in [1.165, 1.54) is 0 Å². The maximum Gasteiger partial charge on any atom is 0.255 e. The fourth-order valence-corrected chi connectivity index (χ4v) is 3.21. The first-order valence-corrected chi connectivity index (χ1v) is 8.46. The smallest absolute Gasteiger partial charge is 0.255 e. The van der Waals surface area contributed by atoms with Crippen LogP contribution >= 0.6 is 23.2 Å². The van der Waals surface area contributed by atoms with Gasteiger partial charge >= 0.3 is 0 Å². The molecule has 1 fully saturated rings. The zero-order valence-electron chi connectivity index (χ0n) is 12.8. The van der Waals surface area contributed by atoms with Crippen molar-refractivity contribution in [3.63, 3.8) is 0 Å². The van der Waals surface area contributed by atoms with Gasteiger partial charge in [-0.1, -0.05) is 23.2 Å². The highest BCUT2D eigenvalue weighted by atomic mass is 35.5. The molecule has 4 nitrogen and oxygen atoms in total. The van der Waals surface area contributed by atoms with Crippen LogP contribution in [-0.2, 0) is 0 Å². The molecule has 1 aliphatic carbocycles. The molecule has 1 saturated carbocycles. The highest BCUT2D eigenvalue weighted by molar-refractivity contribution is 6.35. The molecule has 124 valence electrons. The highest BCUT2D eigenvalue weighted by Crippen LogP contribution is 2.49. The van der Waals surface area contributed by atoms with E-state index in [0.717, 1.165) is 12.8 Å². The summed E-state index contributed by atoms with van der Waals surface area (Å²) in [5, 5.41) is 3.71. The van der Waals surface area contributed by atoms with Gasteiger partial charge in [0.05, 0.1) is 13.2 Å². The molecule has 2 aliphatic rings. The third-order valence-electron chi connectivity index (χ3n) is 4.35. The topological polar surface area (TPSA) is 47.6 Å². The molecule has 1 spiro atoms. The number of rotatable bonds is 2. The number of halogens is 2. The van der Waals surface area contributed by atoms with Gasteiger partial charge in [0.2, 0.25) is 0 Å². The van der Waals surface area contributed by atoms with Crippen molar-refractivity contribution in [3.05, 3.63) is 52.0 Å². The van der Waals surface area contributed by atoms with Crippen LogP contribution < -0.4 is 14.8 Å². The van der Waals surface area contributed by atoms with Crippen molar-refractivity contribution < 1.29 is 14.3 Å². The van der Waals surface area contributed by atoms with E-state index in [9.17, 15) is 4.79 Å². The number of ether oxygens (including phenoxy) is 2. The van der Waals surface area contributed by atoms with Crippen LogP contribution in [0, 0.1) is 5.41 Å². The molecule has 1 heterocycles. The molecule has 1 aliphatic heterocycles. The minimum absolute atomic E-state index is 0.166. The molecular weight excluding hydrogens is 349 g/mol. The Bertz CT molecular complexity index is 798. The molecule has 0 radical (unpaired) electrons. The number of carbonyl (C=O) groups excluding carboxylic acids is 1. The predicted molar refractivity (Wildman–Crippen MR) is 93.5 cm³/mol. The van der Waals surface area contributed by atoms with Crippen LogP contribution in [0.1, 0.15) is 23.2 Å². The Labute approximate surface area is 149 Å². The van der Waals surface area contributed by atoms with Crippen molar-refractivity contribution in [2.45, 2.75) is 12.8 Å². The van der Waals surface area contributed by atoms with Gasteiger partial charge in [0.1, 0.15) is 0 Å². The minimum Gasteiger partial charge on any atom is -0.489 e. The summed E-state index contributed by atoms with van der Waals surface area (Å²) in [4.78, 5) is 12.5. The molecule has 0 unspecified atom stereocenters. The summed E-state index contributed by atoms with van der Waals surface area (Å²) in [5.74, 6) is 1.03. The van der Waals surface area contributed by atoms with Gasteiger partial charge in [0.15, 0.2) is 11.5 Å². The van der Waals surface area contributed by atoms with Gasteiger partial charge in [0.25, 0.3) is 5.91 Å². The normalized spacial score (nSPS) is 17.2. The molecular formula is C18H15Cl2NO3. The third kappa shape index (κ3) is 3.17. The van der Waals surface area contributed by atoms with E-state index in [4.69, 9.17) is 32.7 Å². The van der Waals surface area contributed by atoms with Crippen molar-refractivity contribution >= 4 is 34.8 Å². The van der Waals surface area contributed by atoms with Crippen LogP contribution in [0.25, 0.3) is 0 Å². The Hall–Kier alpha value is -1.91. The lowest BCUT2D eigenvalue weighted by atomic mass is 10.1. The SMILES string of the molecule is O=C(Nc1cc(Cl)cc(Cl)c1)c1ccc2c(c1)OCC1(CC1)CO2. The van der Waals surface area contributed by atoms with Gasteiger partial charge in [-0.2, -0.15) is 0 Å². The van der Waals surface area contributed by atoms with E-state index in [2.05, 4.69) is 5.32 Å². The number of nitrogens with one attached hydrogen (secondary N) is 1. The van der Waals surface area contributed by atoms with Crippen LogP contribution in [0.2, 0.25) is 10.0 Å². The van der Waals surface area contributed by atoms with E-state index in [1.807, 2.05) is 0 Å². The lowest BCUT2D eigenvalue weighted by molar-refractivity contribution is 0.102. The van der Waals surface area contributed by atoms with E-state index in [1.54, 1.807) is 36.4 Å². The van der Waals surface area contributed by atoms with Crippen molar-refractivity contribution in [2.75, 3.05) is 18.5 Å². The standard InChI is InChI=1S/C18H15Cl2NO3/c19-12-6-13(20)8-14(7-12)21-17(22)11-1-2-15-16(5-11)24-10-18(3-4-18)9-23-15/h1-2,5-8H,3-4,9-10H2,(H,21,22). The average molecular weight is 364 g/mol. The van der Waals surface area contributed by atoms with Crippen molar-refractivity contribution in [1.29, 1.82) is 0 Å². The molecule has 1 N–H and O–H groups in total. The minimum atomic E-state index is -0.259. The number of hydrogen-bond donors (Lipinski definition) is 1. The Morgan fingerprint density at radius 2 is 1.62 bits per heavy atom. The zero-order valence-corrected chi connectivity index (χ0v) is 14.3. The van der Waals surface area contributed by atoms with Gasteiger partial charge in [0, 0.05) is 26.7 Å². The van der Waals surface area contributed by atoms with E-state index in [-0.39, 0.29) is 11.3 Å². The van der Waals surface area contributed by atoms with Gasteiger partial charge in [-0.15, -0.1) is 0 Å². The van der Waals surface area contributed by atoms with Crippen molar-refractivity contribution in [1.82, 2.24) is 0 Å². The molecule has 2 aromatic rings. The largest absolute Gasteiger partial charge is 0.489 e. The summed E-state index contributed by atoms with van der Waals surface area (Å²) in [7, 11) is 0. The predicted octanol–water partition coefficient (Wildman–Crippen LogP) is 4.80. The highest BCUT2D eigenvalue weighted by Gasteiger charge is 2.46. The summed E-state index contributed by atoms with van der Waals surface area (Å²) < 4.78 is 11.7. The van der Waals surface area contributed by atoms with Crippen LogP contribution in [0.3, 0.4) is 0 Å². The molecule has 4 rings (SSSR count). The fourth-order valence-electron chi connectivity index (χ4n) is 2.68. The van der Waals surface area contributed by atoms with E-state index >= 15 is 0 Å². The van der Waals surface area contributed by atoms with Gasteiger partial charge < -0.3 is 14.8 Å². The molecule has 0 saturated heterocycles. The summed E-state index contributed by atoms with van der Waals surface area (Å²) >= 11 is 11.9. The summed E-state index contributed by atoms with van der Waals surface area (Å²) in [6.07, 6.45) is 2.26. The number of amides is 1. The quantitative estimate of drug-likeness (QED) is 0.833. The fraction of sp³-hybridized carbons (Fsp3) is 0.278. The number of fused-ring (bicyclic) bond motifs is 1. The third-order valence-corrected chi connectivity index (χ3v) is 4.79. The lowest BCUT2D eigenvalue weighted by Gasteiger charge is -2.10. The summed E-state index contributed by atoms with van der Waals surface area (Å²) in [5.41, 5.74) is 1.20. The molecule has 0 atom stereocenters. The second-order valence-electron chi connectivity index (χ2n) is 6.35. The molecule has 1 amide bonds. The van der Waals surface area contributed by atoms with Gasteiger partial charge in [-0.05, 0) is 49.2 Å². The maximum atomic E-state index is 12.5. The molecule has 6 heteroatoms. The average Bonchev–Trinajstić information content (AvgIpc) is 3.33. The van der Waals surface area contributed by atoms with Crippen LogP contribution in [0.5, 0.6) is 11.5 Å². The second-order valence-corrected chi connectivity index (χ2v) is 7.22. The zero-order chi connectivity index (χ0) is 16.7. The number of anilines is 1. The lowest BCUT2D eigenvalue weighted by Crippen LogP contribution is -2.17. The monoisotopic (exact) mass is 363 g/mol. The van der Waals surface area contributed by atoms with Crippen LogP contribution in [0.4, 0.5) is 5.69 Å². The summed E-state index contributed by atoms with van der Waals surface area (Å²) in [6.45, 7) is 1.31. The number of carbonyl (C=O) groups is 1. The Morgan fingerprint density at radius 3 is 2.29 bits per heavy atom. The van der Waals surface area contributed by atoms with Crippen LogP contribution in [-0.4, -0.2) is 19.1 Å². The molecule has 0 bridgehead atoms. The van der Waals surface area contributed by atoms with E-state index < -0.39 is 0 Å². The maximum absolute atomic E-state index is 12.5. The van der Waals surface area contributed by atoms with Gasteiger partial charge in [-0.25, -0.2) is 0 Å². The van der Waals surface area contributed by atoms with Crippen molar-refractivity contribution in [2.24, 2.45) is 5.41 Å². The van der Waals surface area contributed by atoms with Crippen molar-refractivity contribution in [3.8, 4) is 11.5 Å². The molecule has 0 aromatic heterocycles. The number of benzene rings is 2. The van der Waals surface area contributed by atoms with Gasteiger partial charge in [-0.3, -0.25) is 4.79 Å². The van der Waals surface area contributed by atoms with E-state index in [0.29, 0.717) is 46.0 Å². The molecule has 24 heavy (non-hydrogen) atoms. The first kappa shape index (κ1) is 15.6. The number of hydrogen-bond acceptors (Lipinski definition) is 3. The first-order valence-electron chi connectivity index (χ1n) is 7.70. The Morgan fingerprint density at radius 1 is 0.958 bits per heavy atom. The Balaban J connectivity index is 1.54. The van der Waals surface area contributed by atoms with Crippen LogP contribution in [0.15, 0.2) is 36.4 Å². The first-order chi connectivity index (χ1) is 11.5. The Kier molecular flexibility index (Phi) is 3.82.